The van der Waals surface area contributed by atoms with E-state index in [0.717, 1.165) is 35.4 Å². The molecule has 1 aliphatic rings. The number of hydrogen-bond acceptors (Lipinski definition) is 5. The first-order chi connectivity index (χ1) is 13.9. The quantitative estimate of drug-likeness (QED) is 0.697. The second-order valence-corrected chi connectivity index (χ2v) is 9.24. The molecule has 2 aromatic rings. The maximum atomic E-state index is 12.5. The number of benzene rings is 1. The SMILES string of the molecule is CN(Cc1ccc(Cl)s1)C(=O)CN1CCN(CC(=O)Nc2ccccc2Cl)CC1. The molecule has 0 spiro atoms. The summed E-state index contributed by atoms with van der Waals surface area (Å²) in [5.41, 5.74) is 0.624. The Hall–Kier alpha value is -1.64. The van der Waals surface area contributed by atoms with Gasteiger partial charge in [0.1, 0.15) is 0 Å². The number of nitrogens with zero attached hydrogens (tertiary/aromatic N) is 3. The van der Waals surface area contributed by atoms with E-state index in [1.165, 1.54) is 11.3 Å². The molecule has 0 radical (unpaired) electrons. The average Bonchev–Trinajstić information content (AvgIpc) is 3.09. The summed E-state index contributed by atoms with van der Waals surface area (Å²) in [7, 11) is 1.81. The molecule has 0 saturated carbocycles. The number of carbonyl (C=O) groups excluding carboxylic acids is 2. The van der Waals surface area contributed by atoms with Gasteiger partial charge in [0.05, 0.1) is 34.7 Å². The Kier molecular flexibility index (Phi) is 7.91. The van der Waals surface area contributed by atoms with Gasteiger partial charge in [0, 0.05) is 38.1 Å². The zero-order chi connectivity index (χ0) is 20.8. The molecule has 2 amide bonds. The molecule has 9 heteroatoms. The normalized spacial score (nSPS) is 15.3. The Balaban J connectivity index is 1.39. The van der Waals surface area contributed by atoms with Crippen LogP contribution in [0.2, 0.25) is 9.36 Å². The Morgan fingerprint density at radius 3 is 2.31 bits per heavy atom. The third-order valence-corrected chi connectivity index (χ3v) is 6.33. The van der Waals surface area contributed by atoms with Crippen molar-refractivity contribution < 1.29 is 9.59 Å². The van der Waals surface area contributed by atoms with Crippen LogP contribution in [0.3, 0.4) is 0 Å². The van der Waals surface area contributed by atoms with Crippen molar-refractivity contribution in [2.24, 2.45) is 0 Å². The van der Waals surface area contributed by atoms with E-state index in [1.54, 1.807) is 17.0 Å². The van der Waals surface area contributed by atoms with Crippen LogP contribution in [-0.4, -0.2) is 72.8 Å². The molecule has 0 bridgehead atoms. The van der Waals surface area contributed by atoms with Gasteiger partial charge in [0.25, 0.3) is 0 Å². The number of carbonyl (C=O) groups is 2. The van der Waals surface area contributed by atoms with Crippen molar-refractivity contribution >= 4 is 52.0 Å². The zero-order valence-corrected chi connectivity index (χ0v) is 18.6. The predicted molar refractivity (Wildman–Crippen MR) is 119 cm³/mol. The summed E-state index contributed by atoms with van der Waals surface area (Å²) < 4.78 is 0.732. The van der Waals surface area contributed by atoms with Crippen LogP contribution in [0.4, 0.5) is 5.69 Å². The monoisotopic (exact) mass is 454 g/mol. The van der Waals surface area contributed by atoms with Crippen molar-refractivity contribution in [1.29, 1.82) is 0 Å². The highest BCUT2D eigenvalue weighted by atomic mass is 35.5. The van der Waals surface area contributed by atoms with Gasteiger partial charge in [-0.25, -0.2) is 0 Å². The minimum Gasteiger partial charge on any atom is -0.340 e. The summed E-state index contributed by atoms with van der Waals surface area (Å²) in [5, 5.41) is 3.37. The van der Waals surface area contributed by atoms with E-state index in [2.05, 4.69) is 15.1 Å². The second kappa shape index (κ2) is 10.4. The molecule has 6 nitrogen and oxygen atoms in total. The first-order valence-corrected chi connectivity index (χ1v) is 10.9. The number of hydrogen-bond donors (Lipinski definition) is 1. The summed E-state index contributed by atoms with van der Waals surface area (Å²) in [4.78, 5) is 31.8. The van der Waals surface area contributed by atoms with Gasteiger partial charge in [-0.05, 0) is 24.3 Å². The van der Waals surface area contributed by atoms with E-state index in [4.69, 9.17) is 23.2 Å². The molecule has 3 rings (SSSR count). The van der Waals surface area contributed by atoms with Crippen molar-refractivity contribution in [1.82, 2.24) is 14.7 Å². The number of anilines is 1. The Labute approximate surface area is 185 Å². The van der Waals surface area contributed by atoms with Crippen LogP contribution in [0.15, 0.2) is 36.4 Å². The summed E-state index contributed by atoms with van der Waals surface area (Å²) in [5.74, 6) is -0.00333. The maximum Gasteiger partial charge on any atom is 0.238 e. The number of rotatable bonds is 7. The van der Waals surface area contributed by atoms with E-state index in [1.807, 2.05) is 31.3 Å². The third kappa shape index (κ3) is 6.69. The highest BCUT2D eigenvalue weighted by Crippen LogP contribution is 2.22. The molecule has 1 aromatic heterocycles. The van der Waals surface area contributed by atoms with Gasteiger partial charge in [-0.1, -0.05) is 35.3 Å². The molecule has 1 aromatic carbocycles. The van der Waals surface area contributed by atoms with Crippen LogP contribution in [0.25, 0.3) is 0 Å². The Bertz CT molecular complexity index is 853. The van der Waals surface area contributed by atoms with E-state index in [0.29, 0.717) is 30.3 Å². The van der Waals surface area contributed by atoms with E-state index in [-0.39, 0.29) is 11.8 Å². The van der Waals surface area contributed by atoms with Gasteiger partial charge in [0.15, 0.2) is 0 Å². The summed E-state index contributed by atoms with van der Waals surface area (Å²) in [6.07, 6.45) is 0. The molecular formula is C20H24Cl2N4O2S. The lowest BCUT2D eigenvalue weighted by molar-refractivity contribution is -0.132. The lowest BCUT2D eigenvalue weighted by atomic mass is 10.3. The Morgan fingerprint density at radius 2 is 1.69 bits per heavy atom. The maximum absolute atomic E-state index is 12.5. The van der Waals surface area contributed by atoms with E-state index >= 15 is 0 Å². The molecule has 1 N–H and O–H groups in total. The summed E-state index contributed by atoms with van der Waals surface area (Å²) in [6, 6.07) is 11.0. The fraction of sp³-hybridized carbons (Fsp3) is 0.400. The number of amides is 2. The van der Waals surface area contributed by atoms with Gasteiger partial charge in [-0.2, -0.15) is 0 Å². The van der Waals surface area contributed by atoms with E-state index < -0.39 is 0 Å². The second-order valence-electron chi connectivity index (χ2n) is 7.04. The largest absolute Gasteiger partial charge is 0.340 e. The molecule has 1 aliphatic heterocycles. The van der Waals surface area contributed by atoms with Gasteiger partial charge in [-0.3, -0.25) is 19.4 Å². The van der Waals surface area contributed by atoms with Crippen molar-refractivity contribution in [3.05, 3.63) is 50.6 Å². The minimum absolute atomic E-state index is 0.0828. The lowest BCUT2D eigenvalue weighted by Gasteiger charge is -2.34. The number of piperazine rings is 1. The number of halogens is 2. The third-order valence-electron chi connectivity index (χ3n) is 4.79. The molecule has 0 unspecified atom stereocenters. The van der Waals surface area contributed by atoms with Crippen molar-refractivity contribution in [2.45, 2.75) is 6.54 Å². The van der Waals surface area contributed by atoms with Crippen LogP contribution in [0.1, 0.15) is 4.88 Å². The number of likely N-dealkylation sites (N-methyl/N-ethyl adjacent to an activating group) is 1. The molecule has 0 atom stereocenters. The standard InChI is InChI=1S/C20H24Cl2N4O2S/c1-24(12-15-6-7-18(22)29-15)20(28)14-26-10-8-25(9-11-26)13-19(27)23-17-5-3-2-4-16(17)21/h2-7H,8-14H2,1H3,(H,23,27). The molecular weight excluding hydrogens is 431 g/mol. The van der Waals surface area contributed by atoms with Crippen LogP contribution in [0.5, 0.6) is 0 Å². The van der Waals surface area contributed by atoms with Crippen molar-refractivity contribution in [3.8, 4) is 0 Å². The smallest absolute Gasteiger partial charge is 0.238 e. The highest BCUT2D eigenvalue weighted by Gasteiger charge is 2.22. The topological polar surface area (TPSA) is 55.9 Å². The average molecular weight is 455 g/mol. The number of thiophene rings is 1. The summed E-state index contributed by atoms with van der Waals surface area (Å²) in [6.45, 7) is 4.26. The molecule has 2 heterocycles. The highest BCUT2D eigenvalue weighted by molar-refractivity contribution is 7.16. The van der Waals surface area contributed by atoms with Crippen LogP contribution < -0.4 is 5.32 Å². The van der Waals surface area contributed by atoms with Crippen LogP contribution in [0, 0.1) is 0 Å². The summed E-state index contributed by atoms with van der Waals surface area (Å²) >= 11 is 13.5. The number of para-hydroxylation sites is 1. The van der Waals surface area contributed by atoms with Gasteiger partial charge >= 0.3 is 0 Å². The van der Waals surface area contributed by atoms with Crippen molar-refractivity contribution in [2.75, 3.05) is 51.6 Å². The fourth-order valence-electron chi connectivity index (χ4n) is 3.13. The predicted octanol–water partition coefficient (Wildman–Crippen LogP) is 3.27. The van der Waals surface area contributed by atoms with E-state index in [9.17, 15) is 9.59 Å². The van der Waals surface area contributed by atoms with Crippen LogP contribution >= 0.6 is 34.5 Å². The lowest BCUT2D eigenvalue weighted by Crippen LogP contribution is -2.51. The molecule has 0 aliphatic carbocycles. The van der Waals surface area contributed by atoms with Gasteiger partial charge in [0.2, 0.25) is 11.8 Å². The molecule has 1 fully saturated rings. The van der Waals surface area contributed by atoms with Gasteiger partial charge < -0.3 is 10.2 Å². The first kappa shape index (κ1) is 22.1. The minimum atomic E-state index is -0.0861. The van der Waals surface area contributed by atoms with Gasteiger partial charge in [-0.15, -0.1) is 11.3 Å². The fourth-order valence-corrected chi connectivity index (χ4v) is 4.46. The zero-order valence-electron chi connectivity index (χ0n) is 16.2. The Morgan fingerprint density at radius 1 is 1.03 bits per heavy atom. The number of nitrogens with one attached hydrogen (secondary N) is 1. The first-order valence-electron chi connectivity index (χ1n) is 9.38. The van der Waals surface area contributed by atoms with Crippen LogP contribution in [-0.2, 0) is 16.1 Å². The molecule has 1 saturated heterocycles. The molecule has 156 valence electrons. The molecule has 29 heavy (non-hydrogen) atoms. The van der Waals surface area contributed by atoms with Crippen molar-refractivity contribution in [3.63, 3.8) is 0 Å².